The number of hydrogen-bond donors (Lipinski definition) is 1. The molecular formula is C12H16F4O4. The van der Waals surface area contributed by atoms with Crippen LogP contribution in [0.15, 0.2) is 24.3 Å². The Morgan fingerprint density at radius 2 is 1.75 bits per heavy atom. The highest BCUT2D eigenvalue weighted by molar-refractivity contribution is 5.86. The van der Waals surface area contributed by atoms with E-state index in [9.17, 15) is 27.2 Å². The van der Waals surface area contributed by atoms with Crippen molar-refractivity contribution in [3.63, 3.8) is 0 Å². The number of hydrogen-bond acceptors (Lipinski definition) is 3. The summed E-state index contributed by atoms with van der Waals surface area (Å²) in [6.45, 7) is 7.89. The first-order valence-corrected chi connectivity index (χ1v) is 5.26. The number of ether oxygens (including phenoxy) is 1. The number of aliphatic carboxylic acids is 1. The van der Waals surface area contributed by atoms with Crippen LogP contribution >= 0.6 is 0 Å². The normalized spacial score (nSPS) is 10.3. The number of carbonyl (C=O) groups excluding carboxylic acids is 1. The highest BCUT2D eigenvalue weighted by Gasteiger charge is 2.40. The van der Waals surface area contributed by atoms with Gasteiger partial charge >= 0.3 is 24.3 Å². The highest BCUT2D eigenvalue weighted by atomic mass is 19.3. The van der Waals surface area contributed by atoms with Crippen molar-refractivity contribution < 1.29 is 37.0 Å². The molecule has 0 aromatic rings. The topological polar surface area (TPSA) is 63.6 Å². The summed E-state index contributed by atoms with van der Waals surface area (Å²) in [5.41, 5.74) is -0.0668. The fourth-order valence-electron chi connectivity index (χ4n) is 0.708. The number of carboxylic acids is 1. The van der Waals surface area contributed by atoms with E-state index >= 15 is 0 Å². The largest absolute Gasteiger partial charge is 0.478 e. The van der Waals surface area contributed by atoms with E-state index < -0.39 is 36.7 Å². The first-order valence-electron chi connectivity index (χ1n) is 5.26. The second-order valence-electron chi connectivity index (χ2n) is 3.74. The minimum absolute atomic E-state index is 0.347. The number of rotatable bonds is 6. The fourth-order valence-corrected chi connectivity index (χ4v) is 0.708. The predicted octanol–water partition coefficient (Wildman–Crippen LogP) is 3.04. The van der Waals surface area contributed by atoms with Gasteiger partial charge in [0.25, 0.3) is 0 Å². The molecule has 116 valence electrons. The SMILES string of the molecule is C=C(C)C(=O)OC.C=C(CCC(F)(F)C(F)F)C(=O)O. The summed E-state index contributed by atoms with van der Waals surface area (Å²) in [5, 5.41) is 8.19. The van der Waals surface area contributed by atoms with Gasteiger partial charge in [-0.25, -0.2) is 27.2 Å². The molecule has 0 aliphatic heterocycles. The first-order chi connectivity index (χ1) is 8.95. The second-order valence-corrected chi connectivity index (χ2v) is 3.74. The standard InChI is InChI=1S/C7H8F4O2.C5H8O2/c1-4(5(12)13)2-3-7(10,11)6(8)9;1-4(2)5(6)7-3/h6H,1-3H2,(H,12,13);1H2,2-3H3. The molecular weight excluding hydrogens is 284 g/mol. The lowest BCUT2D eigenvalue weighted by Gasteiger charge is -2.14. The van der Waals surface area contributed by atoms with Gasteiger partial charge in [-0.3, -0.25) is 0 Å². The van der Waals surface area contributed by atoms with Crippen LogP contribution in [0.2, 0.25) is 0 Å². The van der Waals surface area contributed by atoms with Crippen LogP contribution < -0.4 is 0 Å². The van der Waals surface area contributed by atoms with Crippen molar-refractivity contribution in [3.05, 3.63) is 24.3 Å². The van der Waals surface area contributed by atoms with Gasteiger partial charge in [-0.05, 0) is 13.3 Å². The Morgan fingerprint density at radius 1 is 1.30 bits per heavy atom. The molecule has 1 N–H and O–H groups in total. The van der Waals surface area contributed by atoms with Gasteiger partial charge in [0.1, 0.15) is 0 Å². The molecule has 20 heavy (non-hydrogen) atoms. The van der Waals surface area contributed by atoms with Gasteiger partial charge in [0, 0.05) is 17.6 Å². The molecule has 0 radical (unpaired) electrons. The van der Waals surface area contributed by atoms with Gasteiger partial charge in [-0.15, -0.1) is 0 Å². The van der Waals surface area contributed by atoms with E-state index in [1.165, 1.54) is 7.11 Å². The predicted molar refractivity (Wildman–Crippen MR) is 63.8 cm³/mol. The number of esters is 1. The lowest BCUT2D eigenvalue weighted by molar-refractivity contribution is -0.137. The van der Waals surface area contributed by atoms with Gasteiger partial charge in [-0.1, -0.05) is 13.2 Å². The van der Waals surface area contributed by atoms with Crippen molar-refractivity contribution in [1.82, 2.24) is 0 Å². The monoisotopic (exact) mass is 300 g/mol. The van der Waals surface area contributed by atoms with E-state index in [4.69, 9.17) is 5.11 Å². The molecule has 0 unspecified atom stereocenters. The third-order valence-electron chi connectivity index (χ3n) is 1.92. The van der Waals surface area contributed by atoms with E-state index in [2.05, 4.69) is 17.9 Å². The molecule has 0 aliphatic carbocycles. The third-order valence-corrected chi connectivity index (χ3v) is 1.92. The quantitative estimate of drug-likeness (QED) is 0.465. The number of carboxylic acid groups (broad SMARTS) is 1. The molecule has 0 heterocycles. The maximum atomic E-state index is 12.2. The zero-order chi connectivity index (χ0) is 16.5. The summed E-state index contributed by atoms with van der Waals surface area (Å²) < 4.78 is 51.7. The summed E-state index contributed by atoms with van der Waals surface area (Å²) >= 11 is 0. The Balaban J connectivity index is 0. The summed E-state index contributed by atoms with van der Waals surface area (Å²) in [5.74, 6) is -5.94. The molecule has 0 aromatic carbocycles. The van der Waals surface area contributed by atoms with E-state index in [1.807, 2.05) is 0 Å². The zero-order valence-corrected chi connectivity index (χ0v) is 11.1. The van der Waals surface area contributed by atoms with Crippen molar-refractivity contribution >= 4 is 11.9 Å². The van der Waals surface area contributed by atoms with Gasteiger partial charge < -0.3 is 9.84 Å². The molecule has 0 saturated carbocycles. The number of methoxy groups -OCH3 is 1. The molecule has 0 fully saturated rings. The average molecular weight is 300 g/mol. The summed E-state index contributed by atoms with van der Waals surface area (Å²) in [6, 6.07) is 0. The molecule has 0 aromatic heterocycles. The summed E-state index contributed by atoms with van der Waals surface area (Å²) in [4.78, 5) is 20.2. The molecule has 0 saturated heterocycles. The van der Waals surface area contributed by atoms with E-state index in [1.54, 1.807) is 6.92 Å². The van der Waals surface area contributed by atoms with Crippen LogP contribution in [0, 0.1) is 0 Å². The second kappa shape index (κ2) is 9.11. The maximum absolute atomic E-state index is 12.2. The van der Waals surface area contributed by atoms with Gasteiger partial charge in [-0.2, -0.15) is 0 Å². The molecule has 4 nitrogen and oxygen atoms in total. The Bertz CT molecular complexity index is 378. The van der Waals surface area contributed by atoms with Crippen molar-refractivity contribution in [2.24, 2.45) is 0 Å². The fraction of sp³-hybridized carbons (Fsp3) is 0.500. The Hall–Kier alpha value is -1.86. The molecule has 0 amide bonds. The van der Waals surface area contributed by atoms with Crippen LogP contribution in [0.3, 0.4) is 0 Å². The maximum Gasteiger partial charge on any atom is 0.332 e. The Morgan fingerprint density at radius 3 is 1.95 bits per heavy atom. The molecule has 0 bridgehead atoms. The van der Waals surface area contributed by atoms with E-state index in [0.717, 1.165) is 0 Å². The lowest BCUT2D eigenvalue weighted by Crippen LogP contribution is -2.26. The smallest absolute Gasteiger partial charge is 0.332 e. The summed E-state index contributed by atoms with van der Waals surface area (Å²) in [6.07, 6.45) is -5.61. The number of carbonyl (C=O) groups is 2. The zero-order valence-electron chi connectivity index (χ0n) is 11.1. The Labute approximate surface area is 113 Å². The highest BCUT2D eigenvalue weighted by Crippen LogP contribution is 2.29. The van der Waals surface area contributed by atoms with Gasteiger partial charge in [0.2, 0.25) is 0 Å². The van der Waals surface area contributed by atoms with Crippen molar-refractivity contribution in [2.75, 3.05) is 7.11 Å². The minimum atomic E-state index is -4.14. The van der Waals surface area contributed by atoms with E-state index in [-0.39, 0.29) is 5.97 Å². The van der Waals surface area contributed by atoms with Crippen molar-refractivity contribution in [1.29, 1.82) is 0 Å². The van der Waals surface area contributed by atoms with Gasteiger partial charge in [0.05, 0.1) is 7.11 Å². The number of halogens is 4. The first kappa shape index (κ1) is 20.5. The van der Waals surface area contributed by atoms with E-state index in [0.29, 0.717) is 5.57 Å². The van der Waals surface area contributed by atoms with Crippen LogP contribution in [0.25, 0.3) is 0 Å². The average Bonchev–Trinajstić information content (AvgIpc) is 2.35. The number of alkyl halides is 4. The van der Waals surface area contributed by atoms with Crippen LogP contribution in [-0.2, 0) is 14.3 Å². The lowest BCUT2D eigenvalue weighted by atomic mass is 10.1. The van der Waals surface area contributed by atoms with Crippen molar-refractivity contribution in [3.8, 4) is 0 Å². The third kappa shape index (κ3) is 9.12. The van der Waals surface area contributed by atoms with Crippen LogP contribution in [0.5, 0.6) is 0 Å². The molecule has 0 atom stereocenters. The van der Waals surface area contributed by atoms with Crippen LogP contribution in [-0.4, -0.2) is 36.5 Å². The van der Waals surface area contributed by atoms with Crippen molar-refractivity contribution in [2.45, 2.75) is 32.1 Å². The van der Waals surface area contributed by atoms with Crippen LogP contribution in [0.4, 0.5) is 17.6 Å². The Kier molecular flexibility index (Phi) is 9.32. The molecule has 0 aliphatic rings. The van der Waals surface area contributed by atoms with Crippen LogP contribution in [0.1, 0.15) is 19.8 Å². The van der Waals surface area contributed by atoms with Gasteiger partial charge in [0.15, 0.2) is 0 Å². The summed E-state index contributed by atoms with van der Waals surface area (Å²) in [7, 11) is 1.33. The molecule has 0 rings (SSSR count). The minimum Gasteiger partial charge on any atom is -0.478 e. The molecule has 0 spiro atoms. The molecule has 8 heteroatoms.